The molecule has 0 aliphatic carbocycles. The number of carboxylic acid groups (broad SMARTS) is 1. The molecule has 0 aromatic rings. The number of rotatable bonds is 6. The zero-order valence-electron chi connectivity index (χ0n) is 9.26. The molecule has 0 fully saturated rings. The highest BCUT2D eigenvalue weighted by molar-refractivity contribution is 5.74. The van der Waals surface area contributed by atoms with Crippen LogP contribution in [0.2, 0.25) is 0 Å². The van der Waals surface area contributed by atoms with Gasteiger partial charge in [-0.05, 0) is 25.2 Å². The van der Waals surface area contributed by atoms with Gasteiger partial charge in [-0.25, -0.2) is 0 Å². The third kappa shape index (κ3) is 2.45. The number of carbonyl (C=O) groups is 1. The van der Waals surface area contributed by atoms with E-state index in [-0.39, 0.29) is 5.92 Å². The van der Waals surface area contributed by atoms with E-state index in [0.29, 0.717) is 0 Å². The highest BCUT2D eigenvalue weighted by atomic mass is 16.4. The fourth-order valence-electron chi connectivity index (χ4n) is 2.17. The summed E-state index contributed by atoms with van der Waals surface area (Å²) in [5.74, 6) is -0.344. The minimum atomic E-state index is -0.626. The van der Waals surface area contributed by atoms with Crippen molar-refractivity contribution in [3.8, 4) is 0 Å². The van der Waals surface area contributed by atoms with E-state index in [1.165, 1.54) is 0 Å². The Labute approximate surface area is 81.3 Å². The maximum atomic E-state index is 11.2. The second-order valence-corrected chi connectivity index (χ2v) is 3.86. The maximum absolute atomic E-state index is 11.2. The molecule has 1 atom stereocenters. The van der Waals surface area contributed by atoms with Gasteiger partial charge in [-0.1, -0.05) is 34.1 Å². The van der Waals surface area contributed by atoms with Gasteiger partial charge in [0.25, 0.3) is 0 Å². The largest absolute Gasteiger partial charge is 0.481 e. The first kappa shape index (κ1) is 12.5. The Hall–Kier alpha value is -0.530. The van der Waals surface area contributed by atoms with E-state index in [2.05, 4.69) is 13.8 Å². The van der Waals surface area contributed by atoms with Gasteiger partial charge in [0.15, 0.2) is 0 Å². The quantitative estimate of drug-likeness (QED) is 0.691. The highest BCUT2D eigenvalue weighted by Gasteiger charge is 2.39. The van der Waals surface area contributed by atoms with Crippen LogP contribution in [0.1, 0.15) is 53.4 Å². The molecule has 1 N–H and O–H groups in total. The fourth-order valence-corrected chi connectivity index (χ4v) is 2.17. The second kappa shape index (κ2) is 5.25. The zero-order valence-corrected chi connectivity index (χ0v) is 9.26. The summed E-state index contributed by atoms with van der Waals surface area (Å²) in [7, 11) is 0. The van der Waals surface area contributed by atoms with Gasteiger partial charge >= 0.3 is 5.97 Å². The third-order valence-electron chi connectivity index (χ3n) is 3.35. The summed E-state index contributed by atoms with van der Waals surface area (Å²) >= 11 is 0. The smallest absolute Gasteiger partial charge is 0.309 e. The van der Waals surface area contributed by atoms with E-state index in [1.54, 1.807) is 0 Å². The first-order valence-electron chi connectivity index (χ1n) is 5.28. The highest BCUT2D eigenvalue weighted by Crippen LogP contribution is 2.37. The van der Waals surface area contributed by atoms with Crippen LogP contribution < -0.4 is 0 Å². The predicted octanol–water partition coefficient (Wildman–Crippen LogP) is 3.31. The molecule has 0 heterocycles. The van der Waals surface area contributed by atoms with E-state index in [1.807, 2.05) is 13.8 Å². The summed E-state index contributed by atoms with van der Waals surface area (Å²) in [6, 6.07) is 0. The molecule has 0 saturated heterocycles. The van der Waals surface area contributed by atoms with Crippen LogP contribution in [-0.2, 0) is 4.79 Å². The standard InChI is InChI=1S/C11H22O2/c1-5-8-9(4)11(6-2,7-3)10(12)13/h9H,5-8H2,1-4H3,(H,12,13). The van der Waals surface area contributed by atoms with E-state index in [4.69, 9.17) is 0 Å². The lowest BCUT2D eigenvalue weighted by Gasteiger charge is -2.33. The molecule has 0 bridgehead atoms. The molecule has 0 aromatic heterocycles. The monoisotopic (exact) mass is 186 g/mol. The molecule has 0 spiro atoms. The normalized spacial score (nSPS) is 14.2. The van der Waals surface area contributed by atoms with Crippen molar-refractivity contribution in [2.75, 3.05) is 0 Å². The van der Waals surface area contributed by atoms with Crippen LogP contribution in [0.4, 0.5) is 0 Å². The van der Waals surface area contributed by atoms with Crippen LogP contribution in [0, 0.1) is 11.3 Å². The first-order chi connectivity index (χ1) is 6.05. The molecule has 0 saturated carbocycles. The summed E-state index contributed by atoms with van der Waals surface area (Å²) < 4.78 is 0. The summed E-state index contributed by atoms with van der Waals surface area (Å²) in [4.78, 5) is 11.2. The first-order valence-corrected chi connectivity index (χ1v) is 5.28. The molecule has 13 heavy (non-hydrogen) atoms. The van der Waals surface area contributed by atoms with Gasteiger partial charge in [0.1, 0.15) is 0 Å². The Morgan fingerprint density at radius 3 is 2.00 bits per heavy atom. The summed E-state index contributed by atoms with van der Waals surface area (Å²) in [5.41, 5.74) is -0.490. The van der Waals surface area contributed by atoms with E-state index >= 15 is 0 Å². The average molecular weight is 186 g/mol. The summed E-state index contributed by atoms with van der Waals surface area (Å²) in [5, 5.41) is 9.22. The predicted molar refractivity (Wildman–Crippen MR) is 54.7 cm³/mol. The van der Waals surface area contributed by atoms with Gasteiger partial charge in [0, 0.05) is 0 Å². The molecule has 0 rings (SSSR count). The topological polar surface area (TPSA) is 37.3 Å². The van der Waals surface area contributed by atoms with E-state index < -0.39 is 11.4 Å². The molecule has 0 aliphatic rings. The average Bonchev–Trinajstić information content (AvgIpc) is 2.07. The minimum absolute atomic E-state index is 0.282. The van der Waals surface area contributed by atoms with Crippen molar-refractivity contribution in [2.45, 2.75) is 53.4 Å². The second-order valence-electron chi connectivity index (χ2n) is 3.86. The number of aliphatic carboxylic acids is 1. The Morgan fingerprint density at radius 2 is 1.77 bits per heavy atom. The van der Waals surface area contributed by atoms with Crippen LogP contribution >= 0.6 is 0 Å². The van der Waals surface area contributed by atoms with Crippen molar-refractivity contribution >= 4 is 5.97 Å². The van der Waals surface area contributed by atoms with Crippen LogP contribution in [0.5, 0.6) is 0 Å². The molecule has 0 aliphatic heterocycles. The van der Waals surface area contributed by atoms with Gasteiger partial charge in [-0.3, -0.25) is 4.79 Å². The van der Waals surface area contributed by atoms with Crippen molar-refractivity contribution in [1.82, 2.24) is 0 Å². The molecule has 1 unspecified atom stereocenters. The number of carboxylic acids is 1. The fraction of sp³-hybridized carbons (Fsp3) is 0.909. The lowest BCUT2D eigenvalue weighted by molar-refractivity contribution is -0.153. The molecule has 78 valence electrons. The van der Waals surface area contributed by atoms with Crippen molar-refractivity contribution in [3.63, 3.8) is 0 Å². The molecule has 2 heteroatoms. The van der Waals surface area contributed by atoms with Gasteiger partial charge in [0.2, 0.25) is 0 Å². The molecule has 0 amide bonds. The van der Waals surface area contributed by atoms with E-state index in [9.17, 15) is 9.90 Å². The molecule has 0 radical (unpaired) electrons. The lowest BCUT2D eigenvalue weighted by Crippen LogP contribution is -2.36. The van der Waals surface area contributed by atoms with Gasteiger partial charge in [-0.2, -0.15) is 0 Å². The number of hydrogen-bond donors (Lipinski definition) is 1. The zero-order chi connectivity index (χ0) is 10.5. The van der Waals surface area contributed by atoms with Gasteiger partial charge in [0.05, 0.1) is 5.41 Å². The SMILES string of the molecule is CCCC(C)C(CC)(CC)C(=O)O. The third-order valence-corrected chi connectivity index (χ3v) is 3.35. The van der Waals surface area contributed by atoms with Gasteiger partial charge in [-0.15, -0.1) is 0 Å². The minimum Gasteiger partial charge on any atom is -0.481 e. The molecule has 0 aromatic carbocycles. The van der Waals surface area contributed by atoms with Gasteiger partial charge < -0.3 is 5.11 Å². The lowest BCUT2D eigenvalue weighted by atomic mass is 9.70. The molecule has 2 nitrogen and oxygen atoms in total. The van der Waals surface area contributed by atoms with Crippen LogP contribution in [0.15, 0.2) is 0 Å². The number of hydrogen-bond acceptors (Lipinski definition) is 1. The Kier molecular flexibility index (Phi) is 5.04. The summed E-state index contributed by atoms with van der Waals surface area (Å²) in [6.07, 6.45) is 3.55. The molecular formula is C11H22O2. The van der Waals surface area contributed by atoms with Crippen LogP contribution in [0.25, 0.3) is 0 Å². The van der Waals surface area contributed by atoms with Crippen molar-refractivity contribution in [1.29, 1.82) is 0 Å². The Balaban J connectivity index is 4.64. The Morgan fingerprint density at radius 1 is 1.31 bits per heavy atom. The molecular weight excluding hydrogens is 164 g/mol. The van der Waals surface area contributed by atoms with Crippen LogP contribution in [0.3, 0.4) is 0 Å². The van der Waals surface area contributed by atoms with Crippen LogP contribution in [-0.4, -0.2) is 11.1 Å². The van der Waals surface area contributed by atoms with Crippen molar-refractivity contribution < 1.29 is 9.90 Å². The maximum Gasteiger partial charge on any atom is 0.309 e. The van der Waals surface area contributed by atoms with Crippen molar-refractivity contribution in [3.05, 3.63) is 0 Å². The Bertz CT molecular complexity index is 159. The van der Waals surface area contributed by atoms with Crippen molar-refractivity contribution in [2.24, 2.45) is 11.3 Å². The summed E-state index contributed by atoms with van der Waals surface area (Å²) in [6.45, 7) is 8.12. The van der Waals surface area contributed by atoms with E-state index in [0.717, 1.165) is 25.7 Å².